The van der Waals surface area contributed by atoms with Crippen LogP contribution in [-0.4, -0.2) is 47.4 Å². The van der Waals surface area contributed by atoms with Crippen LogP contribution in [0.5, 0.6) is 0 Å². The molecule has 0 aromatic carbocycles. The highest BCUT2D eigenvalue weighted by Gasteiger charge is 2.20. The van der Waals surface area contributed by atoms with Gasteiger partial charge in [-0.1, -0.05) is 282 Å². The zero-order chi connectivity index (χ0) is 50.0. The van der Waals surface area contributed by atoms with Crippen molar-refractivity contribution in [3.05, 3.63) is 24.3 Å². The number of esters is 1. The van der Waals surface area contributed by atoms with Crippen LogP contribution in [0.1, 0.15) is 341 Å². The van der Waals surface area contributed by atoms with Crippen LogP contribution in [0.25, 0.3) is 0 Å². The Balaban J connectivity index is 3.40. The standard InChI is InChI=1S/C63H121NO5/c1-3-5-7-9-11-13-15-16-17-29-32-36-39-43-47-51-55-61(66)60(59-65)64-62(67)56-52-48-44-40-37-33-30-27-25-23-21-19-18-20-22-24-26-28-31-34-38-42-46-50-54-58-69-63(68)57-53-49-45-41-35-14-12-10-8-6-4-2/h10,12,19,21,60-61,65-66H,3-9,11,13-18,20,22-59H2,1-2H3,(H,64,67)/b12-10-,21-19-. The molecule has 6 nitrogen and oxygen atoms in total. The number of carbonyl (C=O) groups excluding carboxylic acids is 2. The number of unbranched alkanes of at least 4 members (excludes halogenated alkanes) is 43. The predicted octanol–water partition coefficient (Wildman–Crippen LogP) is 19.4. The zero-order valence-corrected chi connectivity index (χ0v) is 46.6. The summed E-state index contributed by atoms with van der Waals surface area (Å²) in [6.07, 6.45) is 71.9. The van der Waals surface area contributed by atoms with E-state index in [9.17, 15) is 19.8 Å². The highest BCUT2D eigenvalue weighted by molar-refractivity contribution is 5.76. The summed E-state index contributed by atoms with van der Waals surface area (Å²) in [5.41, 5.74) is 0. The Bertz CT molecular complexity index is 1080. The van der Waals surface area contributed by atoms with Crippen molar-refractivity contribution in [2.75, 3.05) is 13.2 Å². The average Bonchev–Trinajstić information content (AvgIpc) is 3.35. The molecular weight excluding hydrogens is 851 g/mol. The minimum Gasteiger partial charge on any atom is -0.466 e. The molecule has 2 atom stereocenters. The minimum absolute atomic E-state index is 0.00259. The number of ether oxygens (including phenoxy) is 1. The van der Waals surface area contributed by atoms with E-state index in [4.69, 9.17) is 4.74 Å². The lowest BCUT2D eigenvalue weighted by Gasteiger charge is -2.22. The van der Waals surface area contributed by atoms with E-state index >= 15 is 0 Å². The summed E-state index contributed by atoms with van der Waals surface area (Å²) in [5.74, 6) is -0.0332. The van der Waals surface area contributed by atoms with Crippen LogP contribution in [0, 0.1) is 0 Å². The first kappa shape index (κ1) is 67.3. The summed E-state index contributed by atoms with van der Waals surface area (Å²) in [5, 5.41) is 23.3. The van der Waals surface area contributed by atoms with Crippen molar-refractivity contribution in [2.45, 2.75) is 353 Å². The fraction of sp³-hybridized carbons (Fsp3) is 0.905. The van der Waals surface area contributed by atoms with Gasteiger partial charge in [0.25, 0.3) is 0 Å². The van der Waals surface area contributed by atoms with Crippen LogP contribution >= 0.6 is 0 Å². The monoisotopic (exact) mass is 972 g/mol. The number of amides is 1. The van der Waals surface area contributed by atoms with Gasteiger partial charge >= 0.3 is 5.97 Å². The van der Waals surface area contributed by atoms with Gasteiger partial charge in [0.05, 0.1) is 25.4 Å². The Hall–Kier alpha value is -1.66. The number of rotatable bonds is 58. The van der Waals surface area contributed by atoms with Crippen molar-refractivity contribution >= 4 is 11.9 Å². The number of allylic oxidation sites excluding steroid dienone is 4. The Labute approximate surface area is 431 Å². The molecule has 0 radical (unpaired) electrons. The van der Waals surface area contributed by atoms with E-state index < -0.39 is 12.1 Å². The molecule has 0 aliphatic heterocycles. The topological polar surface area (TPSA) is 95.9 Å². The van der Waals surface area contributed by atoms with Gasteiger partial charge in [-0.05, 0) is 70.6 Å². The van der Waals surface area contributed by atoms with Gasteiger partial charge < -0.3 is 20.3 Å². The minimum atomic E-state index is -0.666. The highest BCUT2D eigenvalue weighted by atomic mass is 16.5. The third-order valence-electron chi connectivity index (χ3n) is 14.5. The number of carbonyl (C=O) groups is 2. The Morgan fingerprint density at radius 3 is 1.07 bits per heavy atom. The second-order valence-electron chi connectivity index (χ2n) is 21.4. The fourth-order valence-electron chi connectivity index (χ4n) is 9.68. The van der Waals surface area contributed by atoms with Gasteiger partial charge in [-0.2, -0.15) is 0 Å². The zero-order valence-electron chi connectivity index (χ0n) is 46.6. The van der Waals surface area contributed by atoms with Gasteiger partial charge in [-0.15, -0.1) is 0 Å². The predicted molar refractivity (Wildman–Crippen MR) is 301 cm³/mol. The van der Waals surface area contributed by atoms with E-state index in [0.29, 0.717) is 25.9 Å². The second kappa shape index (κ2) is 58.9. The SMILES string of the molecule is CCCC/C=C\CCCCCCCC(=O)OCCCCCCCCCCCCCC/C=C\CCCCCCCCCCCC(=O)NC(CO)C(O)CCCCCCCCCCCCCCCCCC. The van der Waals surface area contributed by atoms with Gasteiger partial charge in [0.2, 0.25) is 5.91 Å². The van der Waals surface area contributed by atoms with Crippen molar-refractivity contribution in [1.29, 1.82) is 0 Å². The van der Waals surface area contributed by atoms with Gasteiger partial charge in [0, 0.05) is 12.8 Å². The molecule has 0 aromatic rings. The number of hydrogen-bond donors (Lipinski definition) is 3. The maximum absolute atomic E-state index is 12.5. The Morgan fingerprint density at radius 2 is 0.696 bits per heavy atom. The lowest BCUT2D eigenvalue weighted by atomic mass is 10.0. The first-order chi connectivity index (χ1) is 34.0. The van der Waals surface area contributed by atoms with Gasteiger partial charge in [-0.3, -0.25) is 9.59 Å². The largest absolute Gasteiger partial charge is 0.466 e. The third kappa shape index (κ3) is 55.5. The van der Waals surface area contributed by atoms with E-state index in [0.717, 1.165) is 44.9 Å². The molecule has 0 spiro atoms. The van der Waals surface area contributed by atoms with Crippen molar-refractivity contribution < 1.29 is 24.5 Å². The normalized spacial score (nSPS) is 12.7. The van der Waals surface area contributed by atoms with Gasteiger partial charge in [0.15, 0.2) is 0 Å². The second-order valence-corrected chi connectivity index (χ2v) is 21.4. The van der Waals surface area contributed by atoms with Crippen molar-refractivity contribution in [3.8, 4) is 0 Å². The molecule has 0 heterocycles. The van der Waals surface area contributed by atoms with Crippen LogP contribution in [0.4, 0.5) is 0 Å². The van der Waals surface area contributed by atoms with E-state index in [1.165, 1.54) is 263 Å². The number of nitrogens with one attached hydrogen (secondary N) is 1. The molecule has 0 aliphatic carbocycles. The third-order valence-corrected chi connectivity index (χ3v) is 14.5. The molecule has 0 bridgehead atoms. The lowest BCUT2D eigenvalue weighted by molar-refractivity contribution is -0.143. The highest BCUT2D eigenvalue weighted by Crippen LogP contribution is 2.18. The van der Waals surface area contributed by atoms with E-state index in [-0.39, 0.29) is 18.5 Å². The summed E-state index contributed by atoms with van der Waals surface area (Å²) in [6, 6.07) is -0.543. The summed E-state index contributed by atoms with van der Waals surface area (Å²) < 4.78 is 5.46. The van der Waals surface area contributed by atoms with Crippen LogP contribution in [0.2, 0.25) is 0 Å². The van der Waals surface area contributed by atoms with Crippen molar-refractivity contribution in [2.24, 2.45) is 0 Å². The van der Waals surface area contributed by atoms with Gasteiger partial charge in [0.1, 0.15) is 0 Å². The molecule has 69 heavy (non-hydrogen) atoms. The smallest absolute Gasteiger partial charge is 0.305 e. The van der Waals surface area contributed by atoms with Crippen molar-refractivity contribution in [3.63, 3.8) is 0 Å². The van der Waals surface area contributed by atoms with Crippen LogP contribution < -0.4 is 5.32 Å². The number of hydrogen-bond acceptors (Lipinski definition) is 5. The van der Waals surface area contributed by atoms with Crippen LogP contribution in [0.3, 0.4) is 0 Å². The Morgan fingerprint density at radius 1 is 0.391 bits per heavy atom. The molecule has 0 fully saturated rings. The summed E-state index contributed by atoms with van der Waals surface area (Å²) in [4.78, 5) is 24.5. The quantitative estimate of drug-likeness (QED) is 0.0321. The number of aliphatic hydroxyl groups excluding tert-OH is 2. The number of aliphatic hydroxyl groups is 2. The molecular formula is C63H121NO5. The molecule has 6 heteroatoms. The fourth-order valence-corrected chi connectivity index (χ4v) is 9.68. The summed E-state index contributed by atoms with van der Waals surface area (Å²) in [6.45, 7) is 4.93. The van der Waals surface area contributed by atoms with Crippen LogP contribution in [0.15, 0.2) is 24.3 Å². The maximum Gasteiger partial charge on any atom is 0.305 e. The lowest BCUT2D eigenvalue weighted by Crippen LogP contribution is -2.45. The van der Waals surface area contributed by atoms with E-state index in [2.05, 4.69) is 43.5 Å². The van der Waals surface area contributed by atoms with E-state index in [1.54, 1.807) is 0 Å². The molecule has 1 amide bonds. The molecule has 0 saturated carbocycles. The van der Waals surface area contributed by atoms with Crippen LogP contribution in [-0.2, 0) is 14.3 Å². The molecule has 2 unspecified atom stereocenters. The van der Waals surface area contributed by atoms with Crippen molar-refractivity contribution in [1.82, 2.24) is 5.32 Å². The molecule has 0 aliphatic rings. The van der Waals surface area contributed by atoms with Gasteiger partial charge in [-0.25, -0.2) is 0 Å². The first-order valence-electron chi connectivity index (χ1n) is 31.1. The average molecular weight is 973 g/mol. The molecule has 3 N–H and O–H groups in total. The summed E-state index contributed by atoms with van der Waals surface area (Å²) in [7, 11) is 0. The first-order valence-corrected chi connectivity index (χ1v) is 31.1. The maximum atomic E-state index is 12.5. The summed E-state index contributed by atoms with van der Waals surface area (Å²) >= 11 is 0. The molecule has 0 saturated heterocycles. The van der Waals surface area contributed by atoms with E-state index in [1.807, 2.05) is 0 Å². The molecule has 408 valence electrons. The Kier molecular flexibility index (Phi) is 57.5. The molecule has 0 rings (SSSR count). The molecule has 0 aromatic heterocycles.